The molecule has 48 heteroatoms. The van der Waals surface area contributed by atoms with Crippen molar-refractivity contribution < 1.29 is 112 Å². The fourth-order valence-corrected chi connectivity index (χ4v) is 13.2. The van der Waals surface area contributed by atoms with E-state index >= 15 is 0 Å². The van der Waals surface area contributed by atoms with Crippen LogP contribution in [0.4, 0.5) is 87.7 Å². The quantitative estimate of drug-likeness (QED) is 0.00763. The van der Waals surface area contributed by atoms with Crippen LogP contribution >= 0.6 is 24.1 Å². The van der Waals surface area contributed by atoms with Crippen LogP contribution in [-0.2, 0) is 59.2 Å². The average molecular weight is 1630 g/mol. The number of benzene rings is 6. The van der Waals surface area contributed by atoms with Crippen LogP contribution in [0.2, 0.25) is 0 Å². The van der Waals surface area contributed by atoms with Gasteiger partial charge in [0, 0.05) is 83.2 Å². The monoisotopic (exact) mass is 1630 g/mol. The van der Waals surface area contributed by atoms with Gasteiger partial charge in [0.15, 0.2) is 0 Å². The molecular weight excluding hydrogens is 1560 g/mol. The summed E-state index contributed by atoms with van der Waals surface area (Å²) in [5.74, 6) is -1.22. The Morgan fingerprint density at radius 2 is 0.560 bits per heavy atom. The summed E-state index contributed by atoms with van der Waals surface area (Å²) >= 11 is 0.990. The van der Waals surface area contributed by atoms with Crippen molar-refractivity contribution in [2.45, 2.75) is 29.4 Å². The van der Waals surface area contributed by atoms with Crippen LogP contribution < -0.4 is 46.6 Å². The van der Waals surface area contributed by atoms with Gasteiger partial charge in [-0.2, -0.15) is 78.5 Å². The Bertz CT molecular complexity index is 5170. The summed E-state index contributed by atoms with van der Waals surface area (Å²) in [5, 5.41) is 103. The molecule has 580 valence electrons. The van der Waals surface area contributed by atoms with Crippen LogP contribution in [0.15, 0.2) is 151 Å². The maximum Gasteiger partial charge on any atom is 0.295 e. The normalized spacial score (nSPS) is 12.0. The van der Waals surface area contributed by atoms with E-state index in [2.05, 4.69) is 86.8 Å². The zero-order chi connectivity index (χ0) is 78.5. The summed E-state index contributed by atoms with van der Waals surface area (Å²) in [6.45, 7) is -2.70. The van der Waals surface area contributed by atoms with Crippen LogP contribution in [0.3, 0.4) is 0 Å². The SMILES string of the molecule is O=S(=O)(O)c1ccc(Nc2nc(Nc3ccc(/C=C/c4ccc(Nc5nc(Nc6ccc(/C=C/c7ccc(Nc8nc(Nc9ccc(S(=O)(=O)O)cc9)nc(N(CCO)CCO)n8)cc7S(=O)(=O)O)c(SOOO)c6)nc(N(CCO)CCO)n5)cc4S(=O)(=O)O)c(SOOO)c3)nc(N(CCO)CCO)n2)cc1. The predicted octanol–water partition coefficient (Wildman–Crippen LogP) is 5.26. The largest absolute Gasteiger partial charge is 0.395 e. The van der Waals surface area contributed by atoms with Crippen molar-refractivity contribution in [1.29, 1.82) is 0 Å². The summed E-state index contributed by atoms with van der Waals surface area (Å²) in [4.78, 5) is 42.3. The molecule has 9 aromatic rings. The molecule has 42 nitrogen and oxygen atoms in total. The van der Waals surface area contributed by atoms with Crippen LogP contribution in [0, 0.1) is 0 Å². The second kappa shape index (κ2) is 38.3. The van der Waals surface area contributed by atoms with E-state index in [1.807, 2.05) is 0 Å². The van der Waals surface area contributed by atoms with E-state index in [-0.39, 0.29) is 185 Å². The minimum absolute atomic E-state index is 0.0121. The van der Waals surface area contributed by atoms with E-state index in [0.717, 1.165) is 36.4 Å². The van der Waals surface area contributed by atoms with Crippen molar-refractivity contribution in [3.8, 4) is 0 Å². The minimum Gasteiger partial charge on any atom is -0.395 e. The molecule has 18 N–H and O–H groups in total. The Labute approximate surface area is 628 Å². The Hall–Kier alpha value is -10.1. The molecule has 9 rings (SSSR count). The lowest BCUT2D eigenvalue weighted by Crippen LogP contribution is -2.31. The van der Waals surface area contributed by atoms with Gasteiger partial charge in [0.1, 0.15) is 9.79 Å². The number of nitrogens with zero attached hydrogens (tertiary/aromatic N) is 12. The number of aromatic nitrogens is 9. The Morgan fingerprint density at radius 1 is 0.321 bits per heavy atom. The molecule has 0 amide bonds. The number of nitrogens with one attached hydrogen (secondary N) is 6. The Balaban J connectivity index is 0.972. The van der Waals surface area contributed by atoms with E-state index in [1.165, 1.54) is 124 Å². The molecular formula is C61H66N18O24S6. The van der Waals surface area contributed by atoms with E-state index in [9.17, 15) is 87.8 Å². The minimum atomic E-state index is -5.05. The van der Waals surface area contributed by atoms with Crippen molar-refractivity contribution in [1.82, 2.24) is 44.9 Å². The van der Waals surface area contributed by atoms with Crippen molar-refractivity contribution in [3.63, 3.8) is 0 Å². The van der Waals surface area contributed by atoms with Crippen LogP contribution in [0.5, 0.6) is 0 Å². The van der Waals surface area contributed by atoms with Gasteiger partial charge in [-0.15, -0.1) is 8.67 Å². The second-order valence-electron chi connectivity index (χ2n) is 22.0. The summed E-state index contributed by atoms with van der Waals surface area (Å²) < 4.78 is 149. The average Bonchev–Trinajstić information content (AvgIpc) is 0.807. The predicted molar refractivity (Wildman–Crippen MR) is 395 cm³/mol. The van der Waals surface area contributed by atoms with E-state index in [0.29, 0.717) is 29.6 Å². The molecule has 0 aliphatic carbocycles. The molecule has 0 aliphatic rings. The highest BCUT2D eigenvalue weighted by atomic mass is 32.2. The molecule has 0 radical (unpaired) electrons. The Kier molecular flexibility index (Phi) is 29.1. The molecule has 0 unspecified atom stereocenters. The van der Waals surface area contributed by atoms with E-state index < -0.39 is 68.4 Å². The lowest BCUT2D eigenvalue weighted by Gasteiger charge is -2.21. The lowest BCUT2D eigenvalue weighted by atomic mass is 10.1. The third kappa shape index (κ3) is 23.9. The summed E-state index contributed by atoms with van der Waals surface area (Å²) in [5.41, 5.74) is 1.49. The smallest absolute Gasteiger partial charge is 0.295 e. The van der Waals surface area contributed by atoms with Crippen molar-refractivity contribution in [3.05, 3.63) is 144 Å². The van der Waals surface area contributed by atoms with Gasteiger partial charge in [-0.25, -0.2) is 10.5 Å². The third-order valence-electron chi connectivity index (χ3n) is 14.6. The number of rotatable bonds is 41. The number of anilines is 15. The van der Waals surface area contributed by atoms with Gasteiger partial charge >= 0.3 is 0 Å². The molecule has 0 bridgehead atoms. The molecule has 6 aromatic carbocycles. The molecule has 0 spiro atoms. The number of aliphatic hydroxyl groups is 6. The molecule has 0 aliphatic heterocycles. The lowest BCUT2D eigenvalue weighted by molar-refractivity contribution is -0.432. The molecule has 3 aromatic heterocycles. The maximum atomic E-state index is 13.2. The van der Waals surface area contributed by atoms with Crippen LogP contribution in [0.1, 0.15) is 22.3 Å². The Morgan fingerprint density at radius 3 is 0.807 bits per heavy atom. The van der Waals surface area contributed by atoms with Gasteiger partial charge in [0.25, 0.3) is 40.5 Å². The maximum absolute atomic E-state index is 13.2. The summed E-state index contributed by atoms with van der Waals surface area (Å²) in [6, 6.07) is 26.4. The van der Waals surface area contributed by atoms with Crippen molar-refractivity contribution in [2.75, 3.05) is 126 Å². The highest BCUT2D eigenvalue weighted by Gasteiger charge is 2.23. The highest BCUT2D eigenvalue weighted by Crippen LogP contribution is 2.35. The first-order valence-corrected chi connectivity index (χ1v) is 38.5. The van der Waals surface area contributed by atoms with Gasteiger partial charge in [-0.05, 0) is 119 Å². The third-order valence-corrected chi connectivity index (χ3v) is 19.5. The number of aliphatic hydroxyl groups excluding tert-OH is 6. The molecule has 0 atom stereocenters. The van der Waals surface area contributed by atoms with Crippen molar-refractivity contribution in [2.24, 2.45) is 0 Å². The molecule has 0 saturated carbocycles. The van der Waals surface area contributed by atoms with Gasteiger partial charge in [0.2, 0.25) is 53.5 Å². The summed E-state index contributed by atoms with van der Waals surface area (Å²) in [6.07, 6.45) is 5.48. The van der Waals surface area contributed by atoms with Gasteiger partial charge in [0.05, 0.1) is 73.5 Å². The zero-order valence-corrected chi connectivity index (χ0v) is 60.8. The molecule has 3 heterocycles. The highest BCUT2D eigenvalue weighted by molar-refractivity contribution is 7.95. The van der Waals surface area contributed by atoms with Gasteiger partial charge in [-0.1, -0.05) is 58.6 Å². The topological polar surface area (TPSA) is 614 Å². The van der Waals surface area contributed by atoms with E-state index in [4.69, 9.17) is 13.9 Å². The van der Waals surface area contributed by atoms with Crippen molar-refractivity contribution >= 4 is 177 Å². The van der Waals surface area contributed by atoms with Crippen LogP contribution in [0.25, 0.3) is 24.3 Å². The fourth-order valence-electron chi connectivity index (χ4n) is 9.76. The standard InChI is InChI=1S/C61H66N18O24S6/c80-27-21-77(22-28-81)59-71-53(62-41-13-17-47(18-14-41)106(88,89)90)68-55(73-59)64-43-9-5-37(49(33-43)104-102-100-86)1-4-40-8-12-46(36-52(40)109(97,98)99)67-58-70-56(74-61(76-58)79(25-31-84)26-32-85)65-44-10-6-38(50(34-44)105-103-101-87)2-3-39-7-11-45(35-51(39)108(94,95)96)66-57-69-54(72-60(75-57)78(23-29-82)24-30-83)63-42-15-19-48(20-16-42)107(91,92)93/h1-20,33-36,80-87H,21-32H2,(H,88,89,90)(H,91,92,93)(H,94,95,96)(H,97,98,99)(H2,62,64,68,71,73)(H2,63,66,69,72,75)(H2,65,67,70,74,76)/b3-2+,4-1+. The molecule has 109 heavy (non-hydrogen) atoms. The zero-order valence-electron chi connectivity index (χ0n) is 55.9. The second-order valence-corrected chi connectivity index (χ2v) is 29.1. The first-order chi connectivity index (χ1) is 52.1. The van der Waals surface area contributed by atoms with E-state index in [1.54, 1.807) is 0 Å². The van der Waals surface area contributed by atoms with Gasteiger partial charge < -0.3 is 77.2 Å². The van der Waals surface area contributed by atoms with Gasteiger partial charge in [-0.3, -0.25) is 18.2 Å². The number of hydrogen-bond acceptors (Lipinski definition) is 40. The first-order valence-electron chi connectivity index (χ1n) is 31.2. The first kappa shape index (κ1) is 82.9. The van der Waals surface area contributed by atoms with Crippen LogP contribution in [-0.4, -0.2) is 217 Å². The number of hydrogen-bond donors (Lipinski definition) is 18. The fraction of sp³-hybridized carbons (Fsp3) is 0.197. The molecule has 0 fully saturated rings. The summed E-state index contributed by atoms with van der Waals surface area (Å²) in [7, 11) is -19.1. The molecule has 0 saturated heterocycles.